The lowest BCUT2D eigenvalue weighted by atomic mass is 10.2. The predicted molar refractivity (Wildman–Crippen MR) is 108 cm³/mol. The van der Waals surface area contributed by atoms with Crippen LogP contribution in [0.3, 0.4) is 0 Å². The highest BCUT2D eigenvalue weighted by molar-refractivity contribution is 5.94. The Morgan fingerprint density at radius 3 is 2.68 bits per heavy atom. The Morgan fingerprint density at radius 2 is 1.93 bits per heavy atom. The minimum atomic E-state index is -0.322. The van der Waals surface area contributed by atoms with Crippen LogP contribution in [0.2, 0.25) is 0 Å². The van der Waals surface area contributed by atoms with Crippen molar-refractivity contribution < 1.29 is 14.3 Å². The van der Waals surface area contributed by atoms with E-state index in [1.807, 2.05) is 55.5 Å². The largest absolute Gasteiger partial charge is 0.490 e. The number of rotatable bonds is 8. The van der Waals surface area contributed by atoms with Crippen molar-refractivity contribution in [2.24, 2.45) is 5.10 Å². The molecule has 2 aromatic carbocycles. The molecule has 0 fully saturated rings. The molecular weight excluding hydrogens is 354 g/mol. The van der Waals surface area contributed by atoms with Crippen molar-refractivity contribution in [3.05, 3.63) is 89.7 Å². The lowest BCUT2D eigenvalue weighted by Crippen LogP contribution is -2.17. The molecule has 0 saturated heterocycles. The first-order valence-corrected chi connectivity index (χ1v) is 8.93. The quantitative estimate of drug-likeness (QED) is 0.480. The minimum absolute atomic E-state index is 0.322. The molecule has 6 nitrogen and oxygen atoms in total. The van der Waals surface area contributed by atoms with Crippen LogP contribution in [0, 0.1) is 0 Å². The molecule has 3 aromatic rings. The summed E-state index contributed by atoms with van der Waals surface area (Å²) in [4.78, 5) is 15.9. The van der Waals surface area contributed by atoms with Gasteiger partial charge in [-0.25, -0.2) is 5.43 Å². The van der Waals surface area contributed by atoms with Crippen LogP contribution in [-0.2, 0) is 6.61 Å². The summed E-state index contributed by atoms with van der Waals surface area (Å²) in [5, 5.41) is 3.99. The molecule has 28 heavy (non-hydrogen) atoms. The smallest absolute Gasteiger partial charge is 0.272 e. The van der Waals surface area contributed by atoms with E-state index in [-0.39, 0.29) is 5.91 Å². The van der Waals surface area contributed by atoms with Crippen molar-refractivity contribution in [1.82, 2.24) is 10.4 Å². The number of hydrazone groups is 1. The van der Waals surface area contributed by atoms with E-state index < -0.39 is 0 Å². The molecule has 6 heteroatoms. The molecule has 142 valence electrons. The molecule has 1 heterocycles. The minimum Gasteiger partial charge on any atom is -0.490 e. The number of carbonyl (C=O) groups is 1. The number of hydrogen-bond acceptors (Lipinski definition) is 5. The van der Waals surface area contributed by atoms with Crippen LogP contribution in [-0.4, -0.2) is 23.7 Å². The van der Waals surface area contributed by atoms with Crippen LogP contribution in [0.5, 0.6) is 11.5 Å². The van der Waals surface area contributed by atoms with Crippen molar-refractivity contribution in [3.8, 4) is 11.5 Å². The van der Waals surface area contributed by atoms with E-state index in [9.17, 15) is 4.79 Å². The highest BCUT2D eigenvalue weighted by Crippen LogP contribution is 2.28. The van der Waals surface area contributed by atoms with Crippen LogP contribution in [0.25, 0.3) is 0 Å². The number of carbonyl (C=O) groups excluding carboxylic acids is 1. The summed E-state index contributed by atoms with van der Waals surface area (Å²) in [6.45, 7) is 2.88. The van der Waals surface area contributed by atoms with Crippen molar-refractivity contribution in [3.63, 3.8) is 0 Å². The third-order valence-electron chi connectivity index (χ3n) is 3.81. The summed E-state index contributed by atoms with van der Waals surface area (Å²) in [6, 6.07) is 18.8. The maximum absolute atomic E-state index is 12.0. The number of benzene rings is 2. The second kappa shape index (κ2) is 9.87. The van der Waals surface area contributed by atoms with Crippen LogP contribution in [0.1, 0.15) is 28.4 Å². The average Bonchev–Trinajstić information content (AvgIpc) is 2.75. The monoisotopic (exact) mass is 375 g/mol. The van der Waals surface area contributed by atoms with Gasteiger partial charge in [-0.05, 0) is 48.4 Å². The Hall–Kier alpha value is -3.67. The molecule has 1 aromatic heterocycles. The fourth-order valence-electron chi connectivity index (χ4n) is 2.45. The van der Waals surface area contributed by atoms with Crippen molar-refractivity contribution >= 4 is 12.1 Å². The molecule has 0 aliphatic rings. The lowest BCUT2D eigenvalue weighted by Gasteiger charge is -2.12. The van der Waals surface area contributed by atoms with Crippen LogP contribution in [0.4, 0.5) is 0 Å². The summed E-state index contributed by atoms with van der Waals surface area (Å²) >= 11 is 0. The molecule has 0 spiro atoms. The molecule has 0 saturated carbocycles. The van der Waals surface area contributed by atoms with E-state index in [0.29, 0.717) is 30.3 Å². The summed E-state index contributed by atoms with van der Waals surface area (Å²) in [5.74, 6) is 0.959. The van der Waals surface area contributed by atoms with Crippen molar-refractivity contribution in [1.29, 1.82) is 0 Å². The highest BCUT2D eigenvalue weighted by atomic mass is 16.5. The van der Waals surface area contributed by atoms with Crippen LogP contribution >= 0.6 is 0 Å². The average molecular weight is 375 g/mol. The van der Waals surface area contributed by atoms with E-state index in [4.69, 9.17) is 9.47 Å². The van der Waals surface area contributed by atoms with Crippen LogP contribution in [0.15, 0.2) is 78.2 Å². The zero-order valence-electron chi connectivity index (χ0n) is 15.5. The molecule has 0 atom stereocenters. The molecule has 0 bridgehead atoms. The Balaban J connectivity index is 1.65. The molecule has 1 amide bonds. The molecule has 0 aliphatic carbocycles. The number of amides is 1. The maximum atomic E-state index is 12.0. The zero-order chi connectivity index (χ0) is 19.6. The SMILES string of the molecule is CCOc1cc(/C=N\NC(=O)c2cccnc2)ccc1OCc1ccccc1. The highest BCUT2D eigenvalue weighted by Gasteiger charge is 2.07. The number of pyridine rings is 1. The first kappa shape index (κ1) is 19.1. The van der Waals surface area contributed by atoms with Gasteiger partial charge in [0.25, 0.3) is 5.91 Å². The summed E-state index contributed by atoms with van der Waals surface area (Å²) in [7, 11) is 0. The number of aromatic nitrogens is 1. The van der Waals surface area contributed by atoms with Gasteiger partial charge in [0.15, 0.2) is 11.5 Å². The Kier molecular flexibility index (Phi) is 6.73. The Morgan fingerprint density at radius 1 is 1.07 bits per heavy atom. The van der Waals surface area contributed by atoms with E-state index in [0.717, 1.165) is 11.1 Å². The predicted octanol–water partition coefficient (Wildman–Crippen LogP) is 3.82. The van der Waals surface area contributed by atoms with E-state index in [2.05, 4.69) is 15.5 Å². The molecular formula is C22H21N3O3. The van der Waals surface area contributed by atoms with Crippen molar-refractivity contribution in [2.45, 2.75) is 13.5 Å². The molecule has 3 rings (SSSR count). The van der Waals surface area contributed by atoms with Gasteiger partial charge >= 0.3 is 0 Å². The van der Waals surface area contributed by atoms with E-state index >= 15 is 0 Å². The fourth-order valence-corrected chi connectivity index (χ4v) is 2.45. The van der Waals surface area contributed by atoms with Gasteiger partial charge in [-0.15, -0.1) is 0 Å². The standard InChI is InChI=1S/C22H21N3O3/c1-2-27-21-13-18(14-24-25-22(26)19-9-6-12-23-15-19)10-11-20(21)28-16-17-7-4-3-5-8-17/h3-15H,2,16H2,1H3,(H,25,26)/b24-14-. The number of hydrogen-bond donors (Lipinski definition) is 1. The van der Waals surface area contributed by atoms with E-state index in [1.54, 1.807) is 24.5 Å². The zero-order valence-corrected chi connectivity index (χ0v) is 15.5. The number of nitrogens with one attached hydrogen (secondary N) is 1. The normalized spacial score (nSPS) is 10.6. The summed E-state index contributed by atoms with van der Waals surface area (Å²) in [5.41, 5.74) is 4.78. The molecule has 0 radical (unpaired) electrons. The fraction of sp³-hybridized carbons (Fsp3) is 0.136. The lowest BCUT2D eigenvalue weighted by molar-refractivity contribution is 0.0955. The summed E-state index contributed by atoms with van der Waals surface area (Å²) in [6.07, 6.45) is 4.64. The third-order valence-corrected chi connectivity index (χ3v) is 3.81. The Bertz CT molecular complexity index is 928. The van der Waals surface area contributed by atoms with Gasteiger partial charge in [-0.2, -0.15) is 5.10 Å². The van der Waals surface area contributed by atoms with Crippen molar-refractivity contribution in [2.75, 3.05) is 6.61 Å². The van der Waals surface area contributed by atoms with Gasteiger partial charge < -0.3 is 9.47 Å². The van der Waals surface area contributed by atoms with Gasteiger partial charge in [-0.1, -0.05) is 30.3 Å². The molecule has 1 N–H and O–H groups in total. The van der Waals surface area contributed by atoms with Gasteiger partial charge in [0, 0.05) is 12.4 Å². The summed E-state index contributed by atoms with van der Waals surface area (Å²) < 4.78 is 11.6. The van der Waals surface area contributed by atoms with Gasteiger partial charge in [-0.3, -0.25) is 9.78 Å². The second-order valence-electron chi connectivity index (χ2n) is 5.85. The maximum Gasteiger partial charge on any atom is 0.272 e. The first-order valence-electron chi connectivity index (χ1n) is 8.93. The van der Waals surface area contributed by atoms with Gasteiger partial charge in [0.1, 0.15) is 6.61 Å². The van der Waals surface area contributed by atoms with Gasteiger partial charge in [0.2, 0.25) is 0 Å². The van der Waals surface area contributed by atoms with Gasteiger partial charge in [0.05, 0.1) is 18.4 Å². The molecule has 0 unspecified atom stereocenters. The number of ether oxygens (including phenoxy) is 2. The Labute approximate surface area is 163 Å². The first-order chi connectivity index (χ1) is 13.8. The second-order valence-corrected chi connectivity index (χ2v) is 5.85. The topological polar surface area (TPSA) is 72.8 Å². The number of nitrogens with zero attached hydrogens (tertiary/aromatic N) is 2. The third kappa shape index (κ3) is 5.41. The molecule has 0 aliphatic heterocycles. The van der Waals surface area contributed by atoms with E-state index in [1.165, 1.54) is 6.20 Å². The van der Waals surface area contributed by atoms with Crippen LogP contribution < -0.4 is 14.9 Å².